The van der Waals surface area contributed by atoms with Crippen LogP contribution in [0.2, 0.25) is 0 Å². The number of ketones is 1. The van der Waals surface area contributed by atoms with Gasteiger partial charge in [0.25, 0.3) is 0 Å². The van der Waals surface area contributed by atoms with Crippen LogP contribution in [0.1, 0.15) is 23.7 Å². The summed E-state index contributed by atoms with van der Waals surface area (Å²) >= 11 is 0. The first-order chi connectivity index (χ1) is 12.0. The fourth-order valence-corrected chi connectivity index (χ4v) is 2.33. The van der Waals surface area contributed by atoms with Crippen molar-refractivity contribution >= 4 is 28.9 Å². The molecule has 25 heavy (non-hydrogen) atoms. The van der Waals surface area contributed by atoms with Crippen LogP contribution in [0.15, 0.2) is 42.6 Å². The lowest BCUT2D eigenvalue weighted by molar-refractivity contribution is -0.144. The molecular formula is C18H22N4O3. The largest absolute Gasteiger partial charge is 0.464 e. The average molecular weight is 342 g/mol. The lowest BCUT2D eigenvalue weighted by Gasteiger charge is -2.17. The molecule has 1 unspecified atom stereocenters. The maximum Gasteiger partial charge on any atom is 0.329 e. The van der Waals surface area contributed by atoms with Crippen LogP contribution >= 0.6 is 0 Å². The number of hydrogen-bond donors (Lipinski definition) is 3. The molecule has 7 nitrogen and oxygen atoms in total. The van der Waals surface area contributed by atoms with Crippen molar-refractivity contribution in [1.82, 2.24) is 4.98 Å². The lowest BCUT2D eigenvalue weighted by Crippen LogP contribution is -2.34. The third-order valence-electron chi connectivity index (χ3n) is 3.59. The zero-order valence-corrected chi connectivity index (χ0v) is 14.3. The van der Waals surface area contributed by atoms with E-state index in [1.54, 1.807) is 56.6 Å². The summed E-state index contributed by atoms with van der Waals surface area (Å²) < 4.78 is 5.06. The molecular weight excluding hydrogens is 320 g/mol. The number of ether oxygens (including phenoxy) is 1. The standard InChI is InChI=1S/C18H22N4O3/c1-3-25-18(24)15(22-17-6-4-5-9-21-17)11-16(23)12-7-8-14(20-2)13(19)10-12/h4-10,15,20H,3,11,19H2,1-2H3,(H,21,22). The van der Waals surface area contributed by atoms with Crippen LogP contribution in [0, 0.1) is 0 Å². The summed E-state index contributed by atoms with van der Waals surface area (Å²) in [4.78, 5) is 28.9. The van der Waals surface area contributed by atoms with E-state index in [4.69, 9.17) is 10.5 Å². The smallest absolute Gasteiger partial charge is 0.329 e. The molecule has 0 aliphatic rings. The minimum Gasteiger partial charge on any atom is -0.464 e. The Bertz CT molecular complexity index is 734. The second-order valence-electron chi connectivity index (χ2n) is 5.34. The Morgan fingerprint density at radius 1 is 1.28 bits per heavy atom. The van der Waals surface area contributed by atoms with E-state index < -0.39 is 12.0 Å². The van der Waals surface area contributed by atoms with Crippen molar-refractivity contribution < 1.29 is 14.3 Å². The first kappa shape index (κ1) is 18.3. The van der Waals surface area contributed by atoms with Gasteiger partial charge >= 0.3 is 5.97 Å². The summed E-state index contributed by atoms with van der Waals surface area (Å²) in [6.07, 6.45) is 1.54. The number of aromatic nitrogens is 1. The first-order valence-corrected chi connectivity index (χ1v) is 7.99. The number of carbonyl (C=O) groups excluding carboxylic acids is 2. The van der Waals surface area contributed by atoms with E-state index in [1.807, 2.05) is 0 Å². The van der Waals surface area contributed by atoms with Gasteiger partial charge in [-0.15, -0.1) is 0 Å². The number of esters is 1. The molecule has 0 saturated carbocycles. The molecule has 0 saturated heterocycles. The number of pyridine rings is 1. The Labute approximate surface area is 146 Å². The summed E-state index contributed by atoms with van der Waals surface area (Å²) in [5.41, 5.74) is 7.55. The molecule has 2 aromatic rings. The predicted octanol–water partition coefficient (Wildman–Crippen LogP) is 2.32. The van der Waals surface area contributed by atoms with Gasteiger partial charge in [0.05, 0.1) is 18.0 Å². The highest BCUT2D eigenvalue weighted by Gasteiger charge is 2.24. The molecule has 1 heterocycles. The lowest BCUT2D eigenvalue weighted by atomic mass is 10.0. The Morgan fingerprint density at radius 3 is 2.68 bits per heavy atom. The van der Waals surface area contributed by atoms with Crippen LogP contribution in [0.25, 0.3) is 0 Å². The van der Waals surface area contributed by atoms with Gasteiger partial charge in [-0.3, -0.25) is 4.79 Å². The summed E-state index contributed by atoms with van der Waals surface area (Å²) in [6.45, 7) is 1.95. The number of anilines is 3. The maximum atomic E-state index is 12.6. The van der Waals surface area contributed by atoms with E-state index in [9.17, 15) is 9.59 Å². The highest BCUT2D eigenvalue weighted by atomic mass is 16.5. The van der Waals surface area contributed by atoms with E-state index in [0.717, 1.165) is 5.69 Å². The molecule has 0 aliphatic carbocycles. The number of nitrogens with two attached hydrogens (primary N) is 1. The Balaban J connectivity index is 2.16. The molecule has 132 valence electrons. The summed E-state index contributed by atoms with van der Waals surface area (Å²) in [6, 6.07) is 9.45. The molecule has 0 amide bonds. The van der Waals surface area contributed by atoms with Gasteiger partial charge in [0.1, 0.15) is 11.9 Å². The normalized spacial score (nSPS) is 11.4. The minimum atomic E-state index is -0.826. The highest BCUT2D eigenvalue weighted by Crippen LogP contribution is 2.21. The van der Waals surface area contributed by atoms with Crippen molar-refractivity contribution in [2.24, 2.45) is 0 Å². The summed E-state index contributed by atoms with van der Waals surface area (Å²) in [7, 11) is 1.75. The molecule has 7 heteroatoms. The molecule has 1 atom stereocenters. The van der Waals surface area contributed by atoms with Crippen LogP contribution in [-0.2, 0) is 9.53 Å². The maximum absolute atomic E-state index is 12.6. The van der Waals surface area contributed by atoms with Crippen molar-refractivity contribution in [2.45, 2.75) is 19.4 Å². The van der Waals surface area contributed by atoms with Crippen LogP contribution in [0.5, 0.6) is 0 Å². The van der Waals surface area contributed by atoms with E-state index in [1.165, 1.54) is 0 Å². The second-order valence-corrected chi connectivity index (χ2v) is 5.34. The summed E-state index contributed by atoms with van der Waals surface area (Å²) in [5.74, 6) is -0.212. The number of Topliss-reactive ketones (excluding diaryl/α,β-unsaturated/α-hetero) is 1. The van der Waals surface area contributed by atoms with E-state index in [2.05, 4.69) is 15.6 Å². The highest BCUT2D eigenvalue weighted by molar-refractivity contribution is 6.00. The molecule has 0 spiro atoms. The average Bonchev–Trinajstić information content (AvgIpc) is 2.62. The Kier molecular flexibility index (Phi) is 6.33. The SMILES string of the molecule is CCOC(=O)C(CC(=O)c1ccc(NC)c(N)c1)Nc1ccccn1. The third kappa shape index (κ3) is 4.94. The van der Waals surface area contributed by atoms with E-state index >= 15 is 0 Å². The molecule has 1 aromatic carbocycles. The quantitative estimate of drug-likeness (QED) is 0.384. The fourth-order valence-electron chi connectivity index (χ4n) is 2.33. The minimum absolute atomic E-state index is 0.0618. The van der Waals surface area contributed by atoms with Crippen molar-refractivity contribution in [3.05, 3.63) is 48.2 Å². The molecule has 2 rings (SSSR count). The Hall–Kier alpha value is -3.09. The van der Waals surface area contributed by atoms with Gasteiger partial charge in [-0.05, 0) is 37.3 Å². The number of nitrogens with zero attached hydrogens (tertiary/aromatic N) is 1. The second kappa shape index (κ2) is 8.68. The number of rotatable bonds is 8. The van der Waals surface area contributed by atoms with Crippen molar-refractivity contribution in [3.63, 3.8) is 0 Å². The molecule has 0 aliphatic heterocycles. The van der Waals surface area contributed by atoms with Crippen LogP contribution in [0.4, 0.5) is 17.2 Å². The van der Waals surface area contributed by atoms with Crippen LogP contribution in [0.3, 0.4) is 0 Å². The fraction of sp³-hybridized carbons (Fsp3) is 0.278. The number of carbonyl (C=O) groups is 2. The number of nitrogen functional groups attached to an aromatic ring is 1. The van der Waals surface area contributed by atoms with Crippen molar-refractivity contribution in [2.75, 3.05) is 30.0 Å². The number of hydrogen-bond acceptors (Lipinski definition) is 7. The van der Waals surface area contributed by atoms with E-state index in [-0.39, 0.29) is 18.8 Å². The van der Waals surface area contributed by atoms with Crippen LogP contribution < -0.4 is 16.4 Å². The van der Waals surface area contributed by atoms with Gasteiger partial charge in [0, 0.05) is 25.2 Å². The predicted molar refractivity (Wildman–Crippen MR) is 97.6 cm³/mol. The Morgan fingerprint density at radius 2 is 2.08 bits per heavy atom. The van der Waals surface area contributed by atoms with E-state index in [0.29, 0.717) is 17.1 Å². The molecule has 1 aromatic heterocycles. The monoisotopic (exact) mass is 342 g/mol. The van der Waals surface area contributed by atoms with Gasteiger partial charge in [0.15, 0.2) is 5.78 Å². The van der Waals surface area contributed by atoms with Crippen molar-refractivity contribution in [3.8, 4) is 0 Å². The van der Waals surface area contributed by atoms with Gasteiger partial charge in [-0.2, -0.15) is 0 Å². The van der Waals surface area contributed by atoms with Gasteiger partial charge in [0.2, 0.25) is 0 Å². The van der Waals surface area contributed by atoms with Crippen LogP contribution in [-0.4, -0.2) is 36.4 Å². The molecule has 0 fully saturated rings. The molecule has 0 radical (unpaired) electrons. The van der Waals surface area contributed by atoms with Gasteiger partial charge in [-0.25, -0.2) is 9.78 Å². The third-order valence-corrected chi connectivity index (χ3v) is 3.59. The number of nitrogens with one attached hydrogen (secondary N) is 2. The number of benzene rings is 1. The van der Waals surface area contributed by atoms with Gasteiger partial charge < -0.3 is 21.1 Å². The van der Waals surface area contributed by atoms with Crippen molar-refractivity contribution in [1.29, 1.82) is 0 Å². The zero-order valence-electron chi connectivity index (χ0n) is 14.3. The molecule has 0 bridgehead atoms. The molecule has 4 N–H and O–H groups in total. The first-order valence-electron chi connectivity index (χ1n) is 7.99. The topological polar surface area (TPSA) is 106 Å². The summed E-state index contributed by atoms with van der Waals surface area (Å²) in [5, 5.41) is 5.89. The zero-order chi connectivity index (χ0) is 18.2. The van der Waals surface area contributed by atoms with Gasteiger partial charge in [-0.1, -0.05) is 6.07 Å².